The van der Waals surface area contributed by atoms with Crippen molar-refractivity contribution in [3.63, 3.8) is 0 Å². The van der Waals surface area contributed by atoms with Crippen molar-refractivity contribution in [1.29, 1.82) is 0 Å². The summed E-state index contributed by atoms with van der Waals surface area (Å²) in [6.07, 6.45) is 3.84. The van der Waals surface area contributed by atoms with Gasteiger partial charge >= 0.3 is 0 Å². The molecule has 2 aromatic carbocycles. The van der Waals surface area contributed by atoms with Gasteiger partial charge in [0.15, 0.2) is 5.82 Å². The van der Waals surface area contributed by atoms with Crippen LogP contribution in [0.5, 0.6) is 5.75 Å². The van der Waals surface area contributed by atoms with Gasteiger partial charge in [-0.1, -0.05) is 36.4 Å². The van der Waals surface area contributed by atoms with Crippen molar-refractivity contribution in [3.8, 4) is 11.4 Å². The van der Waals surface area contributed by atoms with Gasteiger partial charge in [-0.05, 0) is 36.6 Å². The molecule has 0 radical (unpaired) electrons. The molecule has 0 amide bonds. The Morgan fingerprint density at radius 1 is 1.08 bits per heavy atom. The summed E-state index contributed by atoms with van der Waals surface area (Å²) in [6, 6.07) is 18.6. The highest BCUT2D eigenvalue weighted by molar-refractivity contribution is 5.34. The molecule has 1 aromatic heterocycles. The molecule has 1 aliphatic rings. The number of hydrogen-bond donors (Lipinski definition) is 1. The zero-order chi connectivity index (χ0) is 16.2. The smallest absolute Gasteiger partial charge is 0.164 e. The summed E-state index contributed by atoms with van der Waals surface area (Å²) in [4.78, 5) is 4.39. The lowest BCUT2D eigenvalue weighted by Gasteiger charge is -2.14. The zero-order valence-electron chi connectivity index (χ0n) is 13.4. The Bertz CT molecular complexity index is 773. The third-order valence-electron chi connectivity index (χ3n) is 4.28. The van der Waals surface area contributed by atoms with Crippen LogP contribution >= 0.6 is 0 Å². The van der Waals surface area contributed by atoms with E-state index < -0.39 is 0 Å². The number of benzene rings is 2. The van der Waals surface area contributed by atoms with Crippen LogP contribution in [0.25, 0.3) is 5.69 Å². The van der Waals surface area contributed by atoms with E-state index in [0.717, 1.165) is 30.1 Å². The van der Waals surface area contributed by atoms with E-state index in [9.17, 15) is 0 Å². The fourth-order valence-electron chi connectivity index (χ4n) is 2.93. The predicted molar refractivity (Wildman–Crippen MR) is 92.2 cm³/mol. The number of nitrogens with one attached hydrogen (secondary N) is 1. The molecule has 1 unspecified atom stereocenters. The van der Waals surface area contributed by atoms with Crippen LogP contribution in [0.4, 0.5) is 0 Å². The molecule has 1 atom stereocenters. The number of hydrogen-bond acceptors (Lipinski definition) is 4. The number of fused-ring (bicyclic) bond motifs is 1. The number of para-hydroxylation sites is 2. The summed E-state index contributed by atoms with van der Waals surface area (Å²) in [5.74, 6) is 1.80. The molecule has 1 aliphatic heterocycles. The van der Waals surface area contributed by atoms with Crippen LogP contribution in [0.1, 0.15) is 17.8 Å². The third-order valence-corrected chi connectivity index (χ3v) is 4.28. The molecule has 2 heterocycles. The predicted octanol–water partition coefficient (Wildman–Crippen LogP) is 2.75. The first-order chi connectivity index (χ1) is 11.9. The first-order valence-corrected chi connectivity index (χ1v) is 8.28. The summed E-state index contributed by atoms with van der Waals surface area (Å²) in [6.45, 7) is 1.32. The Morgan fingerprint density at radius 2 is 1.92 bits per heavy atom. The molecule has 0 fully saturated rings. The second-order valence-corrected chi connectivity index (χ2v) is 5.98. The van der Waals surface area contributed by atoms with E-state index in [4.69, 9.17) is 4.74 Å². The van der Waals surface area contributed by atoms with Gasteiger partial charge < -0.3 is 10.1 Å². The average Bonchev–Trinajstić information content (AvgIpc) is 3.02. The lowest BCUT2D eigenvalue weighted by molar-refractivity contribution is 0.266. The van der Waals surface area contributed by atoms with Gasteiger partial charge in [-0.3, -0.25) is 0 Å². The molecule has 4 rings (SSSR count). The van der Waals surface area contributed by atoms with Gasteiger partial charge in [0.1, 0.15) is 18.7 Å². The molecule has 0 spiro atoms. The summed E-state index contributed by atoms with van der Waals surface area (Å²) in [5, 5.41) is 8.04. The lowest BCUT2D eigenvalue weighted by atomic mass is 10.1. The molecule has 1 N–H and O–H groups in total. The molecule has 3 aromatic rings. The fourth-order valence-corrected chi connectivity index (χ4v) is 2.93. The SMILES string of the molecule is c1ccc(-n2cnc(CNC3CCc4ccccc4OC3)n2)cc1. The fraction of sp³-hybridized carbons (Fsp3) is 0.263. The first kappa shape index (κ1) is 14.9. The van der Waals surface area contributed by atoms with Gasteiger partial charge in [-0.15, -0.1) is 5.10 Å². The van der Waals surface area contributed by atoms with Crippen molar-refractivity contribution in [1.82, 2.24) is 20.1 Å². The van der Waals surface area contributed by atoms with Crippen molar-refractivity contribution in [2.45, 2.75) is 25.4 Å². The molecule has 122 valence electrons. The van der Waals surface area contributed by atoms with Gasteiger partial charge in [0.25, 0.3) is 0 Å². The van der Waals surface area contributed by atoms with Crippen LogP contribution in [0.3, 0.4) is 0 Å². The molecular weight excluding hydrogens is 300 g/mol. The largest absolute Gasteiger partial charge is 0.492 e. The molecule has 0 saturated heterocycles. The van der Waals surface area contributed by atoms with Crippen LogP contribution in [-0.2, 0) is 13.0 Å². The van der Waals surface area contributed by atoms with Crippen molar-refractivity contribution in [2.24, 2.45) is 0 Å². The van der Waals surface area contributed by atoms with Gasteiger partial charge in [-0.2, -0.15) is 0 Å². The van der Waals surface area contributed by atoms with Crippen LogP contribution in [-0.4, -0.2) is 27.4 Å². The van der Waals surface area contributed by atoms with Crippen LogP contribution in [0, 0.1) is 0 Å². The third kappa shape index (κ3) is 3.31. The second kappa shape index (κ2) is 6.84. The van der Waals surface area contributed by atoms with Crippen LogP contribution < -0.4 is 10.1 Å². The Morgan fingerprint density at radius 3 is 2.83 bits per heavy atom. The normalized spacial score (nSPS) is 16.9. The van der Waals surface area contributed by atoms with Gasteiger partial charge in [0, 0.05) is 6.04 Å². The van der Waals surface area contributed by atoms with Crippen LogP contribution in [0.2, 0.25) is 0 Å². The van der Waals surface area contributed by atoms with E-state index in [1.165, 1.54) is 5.56 Å². The number of aromatic nitrogens is 3. The Balaban J connectivity index is 1.35. The lowest BCUT2D eigenvalue weighted by Crippen LogP contribution is -2.34. The van der Waals surface area contributed by atoms with E-state index in [1.54, 1.807) is 11.0 Å². The molecule has 24 heavy (non-hydrogen) atoms. The number of aryl methyl sites for hydroxylation is 1. The minimum atomic E-state index is 0.307. The molecular formula is C19H20N4O. The molecule has 0 saturated carbocycles. The Hall–Kier alpha value is -2.66. The van der Waals surface area contributed by atoms with Crippen molar-refractivity contribution in [2.75, 3.05) is 6.61 Å². The van der Waals surface area contributed by atoms with Gasteiger partial charge in [0.05, 0.1) is 12.2 Å². The molecule has 0 bridgehead atoms. The quantitative estimate of drug-likeness (QED) is 0.803. The van der Waals surface area contributed by atoms with Crippen LogP contribution in [0.15, 0.2) is 60.9 Å². The highest BCUT2D eigenvalue weighted by Crippen LogP contribution is 2.23. The number of rotatable bonds is 4. The van der Waals surface area contributed by atoms with Gasteiger partial charge in [-0.25, -0.2) is 9.67 Å². The van der Waals surface area contributed by atoms with E-state index in [-0.39, 0.29) is 0 Å². The topological polar surface area (TPSA) is 52.0 Å². The van der Waals surface area contributed by atoms with E-state index in [1.807, 2.05) is 42.5 Å². The standard InChI is InChI=1S/C19H20N4O/c1-2-7-17(8-3-1)23-14-21-19(22-23)12-20-16-11-10-15-6-4-5-9-18(15)24-13-16/h1-9,14,16,20H,10-13H2. The minimum absolute atomic E-state index is 0.307. The van der Waals surface area contributed by atoms with E-state index >= 15 is 0 Å². The Labute approximate surface area is 141 Å². The maximum absolute atomic E-state index is 5.92. The molecule has 5 heteroatoms. The highest BCUT2D eigenvalue weighted by atomic mass is 16.5. The van der Waals surface area contributed by atoms with Gasteiger partial charge in [0.2, 0.25) is 0 Å². The summed E-state index contributed by atoms with van der Waals surface area (Å²) >= 11 is 0. The highest BCUT2D eigenvalue weighted by Gasteiger charge is 2.17. The maximum Gasteiger partial charge on any atom is 0.164 e. The van der Waals surface area contributed by atoms with Crippen molar-refractivity contribution in [3.05, 3.63) is 72.3 Å². The van der Waals surface area contributed by atoms with Crippen molar-refractivity contribution >= 4 is 0 Å². The van der Waals surface area contributed by atoms with Crippen molar-refractivity contribution < 1.29 is 4.74 Å². The summed E-state index contributed by atoms with van der Waals surface area (Å²) in [7, 11) is 0. The number of nitrogens with zero attached hydrogens (tertiary/aromatic N) is 3. The Kier molecular flexibility index (Phi) is 4.25. The summed E-state index contributed by atoms with van der Waals surface area (Å²) in [5.41, 5.74) is 2.30. The second-order valence-electron chi connectivity index (χ2n) is 5.98. The average molecular weight is 320 g/mol. The zero-order valence-corrected chi connectivity index (χ0v) is 13.4. The van der Waals surface area contributed by atoms with E-state index in [0.29, 0.717) is 19.2 Å². The minimum Gasteiger partial charge on any atom is -0.492 e. The maximum atomic E-state index is 5.92. The number of ether oxygens (including phenoxy) is 1. The molecule has 5 nitrogen and oxygen atoms in total. The van der Waals surface area contributed by atoms with E-state index in [2.05, 4.69) is 27.5 Å². The monoisotopic (exact) mass is 320 g/mol. The molecule has 0 aliphatic carbocycles. The first-order valence-electron chi connectivity index (χ1n) is 8.28. The summed E-state index contributed by atoms with van der Waals surface area (Å²) < 4.78 is 7.72.